The van der Waals surface area contributed by atoms with Gasteiger partial charge in [0.25, 0.3) is 0 Å². The number of fused-ring (bicyclic) bond motifs is 1. The first-order valence-electron chi connectivity index (χ1n) is 6.18. The summed E-state index contributed by atoms with van der Waals surface area (Å²) in [4.78, 5) is 4.33. The molecule has 1 unspecified atom stereocenters. The molecule has 1 atom stereocenters. The lowest BCUT2D eigenvalue weighted by atomic mass is 10.1. The van der Waals surface area contributed by atoms with Crippen LogP contribution in [0, 0.1) is 15.3 Å². The van der Waals surface area contributed by atoms with Crippen molar-refractivity contribution in [2.24, 2.45) is 5.92 Å². The Kier molecular flexibility index (Phi) is 2.96. The van der Waals surface area contributed by atoms with Crippen molar-refractivity contribution in [1.29, 1.82) is 0 Å². The van der Waals surface area contributed by atoms with Crippen LogP contribution in [-0.4, -0.2) is 9.55 Å². The van der Waals surface area contributed by atoms with Crippen molar-refractivity contribution < 1.29 is 4.39 Å². The molecule has 2 aromatic rings. The van der Waals surface area contributed by atoms with Crippen molar-refractivity contribution in [2.45, 2.75) is 32.2 Å². The lowest BCUT2D eigenvalue weighted by Gasteiger charge is -2.15. The van der Waals surface area contributed by atoms with Gasteiger partial charge in [-0.3, -0.25) is 0 Å². The normalized spacial score (nSPS) is 17.3. The number of hydrogen-bond donors (Lipinski definition) is 1. The third kappa shape index (κ3) is 2.08. The smallest absolute Gasteiger partial charge is 0.201 e. The molecular weight excluding hydrogens is 344 g/mol. The number of anilines is 1. The molecule has 1 aliphatic rings. The van der Waals surface area contributed by atoms with E-state index in [2.05, 4.69) is 11.9 Å². The van der Waals surface area contributed by atoms with Crippen molar-refractivity contribution in [3.8, 4) is 0 Å². The first kappa shape index (κ1) is 12.2. The van der Waals surface area contributed by atoms with Gasteiger partial charge in [-0.1, -0.05) is 12.8 Å². The van der Waals surface area contributed by atoms with Crippen LogP contribution in [0.15, 0.2) is 12.1 Å². The van der Waals surface area contributed by atoms with Crippen LogP contribution < -0.4 is 5.73 Å². The molecule has 5 heteroatoms. The zero-order chi connectivity index (χ0) is 12.9. The average molecular weight is 359 g/mol. The van der Waals surface area contributed by atoms with Crippen LogP contribution in [0.25, 0.3) is 11.0 Å². The minimum Gasteiger partial charge on any atom is -0.369 e. The molecule has 0 bridgehead atoms. The fraction of sp³-hybridized carbons (Fsp3) is 0.462. The van der Waals surface area contributed by atoms with Crippen molar-refractivity contribution in [1.82, 2.24) is 9.55 Å². The minimum absolute atomic E-state index is 0.206. The summed E-state index contributed by atoms with van der Waals surface area (Å²) >= 11 is 1.98. The molecule has 1 heterocycles. The Morgan fingerprint density at radius 2 is 2.28 bits per heavy atom. The van der Waals surface area contributed by atoms with Crippen LogP contribution in [0.5, 0.6) is 0 Å². The molecule has 3 nitrogen and oxygen atoms in total. The Morgan fingerprint density at radius 1 is 1.56 bits per heavy atom. The highest BCUT2D eigenvalue weighted by Crippen LogP contribution is 2.38. The fourth-order valence-electron chi connectivity index (χ4n) is 2.51. The van der Waals surface area contributed by atoms with E-state index in [9.17, 15) is 4.39 Å². The standard InChI is InChI=1S/C13H15FIN3/c1-7(4-8-2-3-8)18-12-5-9(14)10(15)6-11(12)17-13(18)16/h5-8H,2-4H2,1H3,(H2,16,17). The lowest BCUT2D eigenvalue weighted by Crippen LogP contribution is -2.09. The van der Waals surface area contributed by atoms with Crippen molar-refractivity contribution >= 4 is 39.6 Å². The number of hydrogen-bond acceptors (Lipinski definition) is 2. The van der Waals surface area contributed by atoms with E-state index in [1.165, 1.54) is 12.8 Å². The van der Waals surface area contributed by atoms with Gasteiger partial charge in [-0.15, -0.1) is 0 Å². The summed E-state index contributed by atoms with van der Waals surface area (Å²) in [6.45, 7) is 2.13. The Morgan fingerprint density at radius 3 is 2.94 bits per heavy atom. The molecule has 1 fully saturated rings. The van der Waals surface area contributed by atoms with Gasteiger partial charge in [0, 0.05) is 12.1 Å². The van der Waals surface area contributed by atoms with E-state index in [0.29, 0.717) is 9.52 Å². The SMILES string of the molecule is CC(CC1CC1)n1c(N)nc2cc(I)c(F)cc21. The van der Waals surface area contributed by atoms with E-state index in [1.807, 2.05) is 27.2 Å². The van der Waals surface area contributed by atoms with E-state index >= 15 is 0 Å². The Labute approximate surface area is 119 Å². The monoisotopic (exact) mass is 359 g/mol. The summed E-state index contributed by atoms with van der Waals surface area (Å²) in [5.74, 6) is 1.09. The largest absolute Gasteiger partial charge is 0.369 e. The summed E-state index contributed by atoms with van der Waals surface area (Å²) in [5.41, 5.74) is 7.56. The fourth-order valence-corrected chi connectivity index (χ4v) is 2.96. The minimum atomic E-state index is -0.206. The second-order valence-corrected chi connectivity index (χ2v) is 6.29. The highest BCUT2D eigenvalue weighted by molar-refractivity contribution is 14.1. The maximum atomic E-state index is 13.7. The third-order valence-corrected chi connectivity index (χ3v) is 4.40. The van der Waals surface area contributed by atoms with Gasteiger partial charge in [0.15, 0.2) is 0 Å². The number of halogens is 2. The molecule has 0 amide bonds. The van der Waals surface area contributed by atoms with Crippen LogP contribution >= 0.6 is 22.6 Å². The van der Waals surface area contributed by atoms with Crippen LogP contribution in [0.1, 0.15) is 32.2 Å². The maximum absolute atomic E-state index is 13.7. The highest BCUT2D eigenvalue weighted by atomic mass is 127. The van der Waals surface area contributed by atoms with Gasteiger partial charge in [0.2, 0.25) is 5.95 Å². The third-order valence-electron chi connectivity index (χ3n) is 3.57. The highest BCUT2D eigenvalue weighted by Gasteiger charge is 2.26. The molecular formula is C13H15FIN3. The average Bonchev–Trinajstić information content (AvgIpc) is 3.03. The number of benzene rings is 1. The molecule has 0 spiro atoms. The summed E-state index contributed by atoms with van der Waals surface area (Å²) in [5, 5.41) is 0. The van der Waals surface area contributed by atoms with Crippen molar-refractivity contribution in [3.63, 3.8) is 0 Å². The summed E-state index contributed by atoms with van der Waals surface area (Å²) in [6.07, 6.45) is 3.72. The lowest BCUT2D eigenvalue weighted by molar-refractivity contribution is 0.492. The van der Waals surface area contributed by atoms with Gasteiger partial charge >= 0.3 is 0 Å². The van der Waals surface area contributed by atoms with E-state index in [1.54, 1.807) is 12.1 Å². The van der Waals surface area contributed by atoms with E-state index < -0.39 is 0 Å². The molecule has 1 saturated carbocycles. The van der Waals surface area contributed by atoms with Gasteiger partial charge in [0.1, 0.15) is 5.82 Å². The van der Waals surface area contributed by atoms with Crippen LogP contribution in [-0.2, 0) is 0 Å². The second kappa shape index (κ2) is 4.36. The number of rotatable bonds is 3. The topological polar surface area (TPSA) is 43.8 Å². The predicted molar refractivity (Wildman–Crippen MR) is 78.9 cm³/mol. The molecule has 0 radical (unpaired) electrons. The molecule has 96 valence electrons. The second-order valence-electron chi connectivity index (χ2n) is 5.12. The molecule has 2 N–H and O–H groups in total. The Bertz CT molecular complexity index is 604. The van der Waals surface area contributed by atoms with Crippen LogP contribution in [0.4, 0.5) is 10.3 Å². The predicted octanol–water partition coefficient (Wildman–Crippen LogP) is 3.72. The zero-order valence-electron chi connectivity index (χ0n) is 10.2. The van der Waals surface area contributed by atoms with Gasteiger partial charge in [-0.2, -0.15) is 0 Å². The van der Waals surface area contributed by atoms with Gasteiger partial charge < -0.3 is 10.3 Å². The molecule has 1 aliphatic carbocycles. The van der Waals surface area contributed by atoms with E-state index in [-0.39, 0.29) is 11.9 Å². The Hall–Kier alpha value is -0.850. The molecule has 1 aromatic heterocycles. The van der Waals surface area contributed by atoms with Gasteiger partial charge in [0.05, 0.1) is 14.6 Å². The number of nitrogens with zero attached hydrogens (tertiary/aromatic N) is 2. The van der Waals surface area contributed by atoms with E-state index in [0.717, 1.165) is 23.4 Å². The maximum Gasteiger partial charge on any atom is 0.201 e. The Balaban J connectivity index is 2.08. The van der Waals surface area contributed by atoms with Crippen LogP contribution in [0.2, 0.25) is 0 Å². The van der Waals surface area contributed by atoms with Crippen molar-refractivity contribution in [3.05, 3.63) is 21.5 Å². The summed E-state index contributed by atoms with van der Waals surface area (Å²) in [7, 11) is 0. The number of aromatic nitrogens is 2. The molecule has 3 rings (SSSR count). The van der Waals surface area contributed by atoms with Gasteiger partial charge in [-0.05, 0) is 47.9 Å². The van der Waals surface area contributed by atoms with Crippen LogP contribution in [0.3, 0.4) is 0 Å². The number of imidazole rings is 1. The molecule has 0 aliphatic heterocycles. The molecule has 1 aromatic carbocycles. The molecule has 0 saturated heterocycles. The summed E-state index contributed by atoms with van der Waals surface area (Å²) in [6, 6.07) is 3.58. The van der Waals surface area contributed by atoms with Gasteiger partial charge in [-0.25, -0.2) is 9.37 Å². The zero-order valence-corrected chi connectivity index (χ0v) is 12.3. The first-order chi connectivity index (χ1) is 8.56. The number of nitrogen functional groups attached to an aromatic ring is 1. The first-order valence-corrected chi connectivity index (χ1v) is 7.26. The van der Waals surface area contributed by atoms with Crippen molar-refractivity contribution in [2.75, 3.05) is 5.73 Å². The number of nitrogens with two attached hydrogens (primary N) is 1. The van der Waals surface area contributed by atoms with E-state index in [4.69, 9.17) is 5.73 Å². The quantitative estimate of drug-likeness (QED) is 0.849. The molecule has 18 heavy (non-hydrogen) atoms. The summed E-state index contributed by atoms with van der Waals surface area (Å²) < 4.78 is 16.2.